The molecule has 1 unspecified atom stereocenters. The molecule has 4 nitrogen and oxygen atoms in total. The number of thioether (sulfide) groups is 1. The van der Waals surface area contributed by atoms with Gasteiger partial charge < -0.3 is 10.6 Å². The molecule has 0 bridgehead atoms. The minimum absolute atomic E-state index is 0.0364. The standard InChI is InChI=1S/C19H20N2O2S/c1-3-12(2)13-4-7-15(8-5-13)20-19(23)14-6-9-17-16(10-14)21-18(22)11-24-17/h4-10,12H,3,11H2,1-2H3,(H,20,23)(H,21,22). The Bertz CT molecular complexity index is 771. The molecular formula is C19H20N2O2S. The van der Waals surface area contributed by atoms with E-state index in [1.54, 1.807) is 12.1 Å². The molecule has 3 rings (SSSR count). The smallest absolute Gasteiger partial charge is 0.255 e. The van der Waals surface area contributed by atoms with Crippen LogP contribution in [0.4, 0.5) is 11.4 Å². The number of carbonyl (C=O) groups is 2. The molecule has 5 heteroatoms. The highest BCUT2D eigenvalue weighted by molar-refractivity contribution is 8.00. The largest absolute Gasteiger partial charge is 0.324 e. The molecule has 1 atom stereocenters. The van der Waals surface area contributed by atoms with Crippen molar-refractivity contribution < 1.29 is 9.59 Å². The van der Waals surface area contributed by atoms with Crippen molar-refractivity contribution in [3.05, 3.63) is 53.6 Å². The zero-order chi connectivity index (χ0) is 17.1. The van der Waals surface area contributed by atoms with E-state index in [1.807, 2.05) is 30.3 Å². The van der Waals surface area contributed by atoms with Crippen LogP contribution in [0, 0.1) is 0 Å². The van der Waals surface area contributed by atoms with Crippen molar-refractivity contribution in [2.75, 3.05) is 16.4 Å². The summed E-state index contributed by atoms with van der Waals surface area (Å²) in [5.74, 6) is 0.710. The van der Waals surface area contributed by atoms with Crippen LogP contribution in [0.1, 0.15) is 42.1 Å². The van der Waals surface area contributed by atoms with E-state index in [1.165, 1.54) is 17.3 Å². The minimum Gasteiger partial charge on any atom is -0.324 e. The summed E-state index contributed by atoms with van der Waals surface area (Å²) < 4.78 is 0. The van der Waals surface area contributed by atoms with Crippen LogP contribution in [-0.2, 0) is 4.79 Å². The lowest BCUT2D eigenvalue weighted by Crippen LogP contribution is -2.19. The van der Waals surface area contributed by atoms with Gasteiger partial charge in [0.05, 0.1) is 11.4 Å². The van der Waals surface area contributed by atoms with Gasteiger partial charge in [0.2, 0.25) is 5.91 Å². The summed E-state index contributed by atoms with van der Waals surface area (Å²) in [5.41, 5.74) is 3.27. The zero-order valence-corrected chi connectivity index (χ0v) is 14.6. The SMILES string of the molecule is CCC(C)c1ccc(NC(=O)c2ccc3c(c2)NC(=O)CS3)cc1. The summed E-state index contributed by atoms with van der Waals surface area (Å²) in [6.45, 7) is 4.35. The highest BCUT2D eigenvalue weighted by Crippen LogP contribution is 2.32. The van der Waals surface area contributed by atoms with Gasteiger partial charge in [0.15, 0.2) is 0 Å². The maximum atomic E-state index is 12.4. The Morgan fingerprint density at radius 1 is 1.25 bits per heavy atom. The summed E-state index contributed by atoms with van der Waals surface area (Å²) in [4.78, 5) is 24.9. The average molecular weight is 340 g/mol. The van der Waals surface area contributed by atoms with Crippen molar-refractivity contribution in [2.45, 2.75) is 31.1 Å². The summed E-state index contributed by atoms with van der Waals surface area (Å²) in [5, 5.41) is 5.71. The van der Waals surface area contributed by atoms with Crippen molar-refractivity contribution in [3.63, 3.8) is 0 Å². The molecule has 2 amide bonds. The Morgan fingerprint density at radius 3 is 2.71 bits per heavy atom. The number of nitrogens with one attached hydrogen (secondary N) is 2. The molecule has 2 aromatic rings. The number of hydrogen-bond acceptors (Lipinski definition) is 3. The zero-order valence-electron chi connectivity index (χ0n) is 13.8. The molecule has 0 radical (unpaired) electrons. The van der Waals surface area contributed by atoms with Crippen molar-refractivity contribution in [2.24, 2.45) is 0 Å². The van der Waals surface area contributed by atoms with Crippen LogP contribution < -0.4 is 10.6 Å². The topological polar surface area (TPSA) is 58.2 Å². The van der Waals surface area contributed by atoms with Crippen molar-refractivity contribution in [3.8, 4) is 0 Å². The number of rotatable bonds is 4. The van der Waals surface area contributed by atoms with Gasteiger partial charge in [-0.2, -0.15) is 0 Å². The predicted octanol–water partition coefficient (Wildman–Crippen LogP) is 4.50. The first-order chi connectivity index (χ1) is 11.6. The predicted molar refractivity (Wildman–Crippen MR) is 98.9 cm³/mol. The molecule has 1 heterocycles. The summed E-state index contributed by atoms with van der Waals surface area (Å²) in [6, 6.07) is 13.3. The number of benzene rings is 2. The minimum atomic E-state index is -0.182. The van der Waals surface area contributed by atoms with Crippen molar-refractivity contribution in [1.29, 1.82) is 0 Å². The second-order valence-corrected chi connectivity index (χ2v) is 6.95. The maximum Gasteiger partial charge on any atom is 0.255 e. The first-order valence-electron chi connectivity index (χ1n) is 8.05. The van der Waals surface area contributed by atoms with Crippen molar-refractivity contribution in [1.82, 2.24) is 0 Å². The lowest BCUT2D eigenvalue weighted by Gasteiger charge is -2.17. The van der Waals surface area contributed by atoms with Crippen LogP contribution in [0.15, 0.2) is 47.4 Å². The fraction of sp³-hybridized carbons (Fsp3) is 0.263. The molecule has 0 saturated carbocycles. The van der Waals surface area contributed by atoms with Gasteiger partial charge in [-0.1, -0.05) is 26.0 Å². The number of fused-ring (bicyclic) bond motifs is 1. The number of hydrogen-bond donors (Lipinski definition) is 2. The van der Waals surface area contributed by atoms with E-state index in [4.69, 9.17) is 0 Å². The van der Waals surface area contributed by atoms with Gasteiger partial charge in [0, 0.05) is 16.1 Å². The average Bonchev–Trinajstić information content (AvgIpc) is 2.61. The third-order valence-electron chi connectivity index (χ3n) is 4.22. The maximum absolute atomic E-state index is 12.4. The van der Waals surface area contributed by atoms with E-state index in [-0.39, 0.29) is 11.8 Å². The van der Waals surface area contributed by atoms with E-state index in [2.05, 4.69) is 24.5 Å². The summed E-state index contributed by atoms with van der Waals surface area (Å²) >= 11 is 1.48. The van der Waals surface area contributed by atoms with E-state index >= 15 is 0 Å². The van der Waals surface area contributed by atoms with Crippen LogP contribution in [0.25, 0.3) is 0 Å². The molecular weight excluding hydrogens is 320 g/mol. The Labute approximate surface area is 146 Å². The third-order valence-corrected chi connectivity index (χ3v) is 5.30. The van der Waals surface area contributed by atoms with Crippen LogP contribution in [-0.4, -0.2) is 17.6 Å². The van der Waals surface area contributed by atoms with Crippen molar-refractivity contribution >= 4 is 35.0 Å². The molecule has 24 heavy (non-hydrogen) atoms. The van der Waals surface area contributed by atoms with Gasteiger partial charge in [0.1, 0.15) is 0 Å². The van der Waals surface area contributed by atoms with Gasteiger partial charge in [0.25, 0.3) is 5.91 Å². The monoisotopic (exact) mass is 340 g/mol. The van der Waals surface area contributed by atoms with Gasteiger partial charge in [-0.3, -0.25) is 9.59 Å². The molecule has 124 valence electrons. The van der Waals surface area contributed by atoms with Crippen LogP contribution in [0.2, 0.25) is 0 Å². The van der Waals surface area contributed by atoms with E-state index in [0.29, 0.717) is 22.9 Å². The van der Waals surface area contributed by atoms with Gasteiger partial charge in [-0.15, -0.1) is 11.8 Å². The van der Waals surface area contributed by atoms with Crippen LogP contribution in [0.3, 0.4) is 0 Å². The second-order valence-electron chi connectivity index (χ2n) is 5.93. The molecule has 0 saturated heterocycles. The Balaban J connectivity index is 1.73. The lowest BCUT2D eigenvalue weighted by atomic mass is 9.98. The van der Waals surface area contributed by atoms with Gasteiger partial charge in [-0.25, -0.2) is 0 Å². The molecule has 1 aliphatic rings. The normalized spacial score (nSPS) is 14.5. The van der Waals surface area contributed by atoms with E-state index in [9.17, 15) is 9.59 Å². The quantitative estimate of drug-likeness (QED) is 0.862. The lowest BCUT2D eigenvalue weighted by molar-refractivity contribution is -0.113. The first kappa shape index (κ1) is 16.6. The summed E-state index contributed by atoms with van der Waals surface area (Å²) in [6.07, 6.45) is 1.09. The molecule has 2 aromatic carbocycles. The summed E-state index contributed by atoms with van der Waals surface area (Å²) in [7, 11) is 0. The van der Waals surface area contributed by atoms with Crippen LogP contribution in [0.5, 0.6) is 0 Å². The van der Waals surface area contributed by atoms with E-state index in [0.717, 1.165) is 17.0 Å². The highest BCUT2D eigenvalue weighted by atomic mass is 32.2. The fourth-order valence-corrected chi connectivity index (χ4v) is 3.35. The molecule has 2 N–H and O–H groups in total. The fourth-order valence-electron chi connectivity index (χ4n) is 2.56. The Morgan fingerprint density at radius 2 is 2.00 bits per heavy atom. The second kappa shape index (κ2) is 7.09. The van der Waals surface area contributed by atoms with Gasteiger partial charge >= 0.3 is 0 Å². The molecule has 0 fully saturated rings. The number of anilines is 2. The molecule has 0 aromatic heterocycles. The first-order valence-corrected chi connectivity index (χ1v) is 9.03. The van der Waals surface area contributed by atoms with E-state index < -0.39 is 0 Å². The molecule has 0 aliphatic carbocycles. The molecule has 0 spiro atoms. The van der Waals surface area contributed by atoms with Gasteiger partial charge in [-0.05, 0) is 48.2 Å². The number of amides is 2. The highest BCUT2D eigenvalue weighted by Gasteiger charge is 2.17. The Hall–Kier alpha value is -2.27. The molecule has 1 aliphatic heterocycles. The van der Waals surface area contributed by atoms with Crippen LogP contribution >= 0.6 is 11.8 Å². The third kappa shape index (κ3) is 3.62. The number of carbonyl (C=O) groups excluding carboxylic acids is 2. The Kier molecular flexibility index (Phi) is 4.90.